The third-order valence-electron chi connectivity index (χ3n) is 4.61. The fourth-order valence-corrected chi connectivity index (χ4v) is 3.79. The number of methoxy groups -OCH3 is 1. The molecule has 1 fully saturated rings. The molecule has 1 N–H and O–H groups in total. The van der Waals surface area contributed by atoms with E-state index in [4.69, 9.17) is 9.47 Å². The Morgan fingerprint density at radius 2 is 1.91 bits per heavy atom. The van der Waals surface area contributed by atoms with E-state index in [1.54, 1.807) is 36.4 Å². The number of carbonyl (C=O) groups excluding carboxylic acids is 2. The van der Waals surface area contributed by atoms with Gasteiger partial charge in [-0.05, 0) is 58.5 Å². The summed E-state index contributed by atoms with van der Waals surface area (Å²) in [7, 11) is 1.45. The van der Waals surface area contributed by atoms with Gasteiger partial charge in [0, 0.05) is 12.1 Å². The number of amides is 2. The molecule has 0 radical (unpaired) electrons. The number of carbonyl (C=O) groups is 2. The summed E-state index contributed by atoms with van der Waals surface area (Å²) in [6.07, 6.45) is 2.56. The van der Waals surface area contributed by atoms with Crippen LogP contribution in [0, 0.1) is 13.7 Å². The first-order valence-electron chi connectivity index (χ1n) is 9.45. The number of hydrazine groups is 1. The molecule has 33 heavy (non-hydrogen) atoms. The standard InChI is InChI=1S/C22H15IN4O6/c1-32-18-11-13(9-16-21(28)25-26(22(16)29)14-5-3-2-4-6-14)10-17(23)20(18)33-19-8-7-15(12-24-19)27(30)31/h2-12H,1H3,(H,25,28)/b16-9-. The van der Waals surface area contributed by atoms with Gasteiger partial charge in [0.2, 0.25) is 5.88 Å². The van der Waals surface area contributed by atoms with Crippen molar-refractivity contribution in [2.75, 3.05) is 12.1 Å². The molecule has 11 heteroatoms. The number of ether oxygens (including phenoxy) is 2. The molecule has 1 saturated heterocycles. The van der Waals surface area contributed by atoms with Crippen molar-refractivity contribution in [3.63, 3.8) is 0 Å². The van der Waals surface area contributed by atoms with Gasteiger partial charge in [-0.2, -0.15) is 0 Å². The fraction of sp³-hybridized carbons (Fsp3) is 0.0455. The van der Waals surface area contributed by atoms with Crippen LogP contribution in [0.4, 0.5) is 11.4 Å². The van der Waals surface area contributed by atoms with E-state index in [1.165, 1.54) is 30.3 Å². The summed E-state index contributed by atoms with van der Waals surface area (Å²) >= 11 is 2.02. The van der Waals surface area contributed by atoms with Gasteiger partial charge in [-0.15, -0.1) is 0 Å². The van der Waals surface area contributed by atoms with Crippen molar-refractivity contribution in [3.8, 4) is 17.4 Å². The van der Waals surface area contributed by atoms with Crippen molar-refractivity contribution >= 4 is 51.9 Å². The third-order valence-corrected chi connectivity index (χ3v) is 5.41. The number of nitrogens with zero attached hydrogens (tertiary/aromatic N) is 3. The van der Waals surface area contributed by atoms with Gasteiger partial charge >= 0.3 is 0 Å². The molecule has 2 heterocycles. The lowest BCUT2D eigenvalue weighted by molar-refractivity contribution is -0.385. The molecule has 2 amide bonds. The molecule has 0 spiro atoms. The maximum Gasteiger partial charge on any atom is 0.287 e. The number of anilines is 1. The molecular weight excluding hydrogens is 543 g/mol. The number of hydrogen-bond donors (Lipinski definition) is 1. The number of aromatic nitrogens is 1. The predicted molar refractivity (Wildman–Crippen MR) is 127 cm³/mol. The van der Waals surface area contributed by atoms with E-state index >= 15 is 0 Å². The highest BCUT2D eigenvalue weighted by atomic mass is 127. The minimum Gasteiger partial charge on any atom is -0.493 e. The van der Waals surface area contributed by atoms with Crippen molar-refractivity contribution in [3.05, 3.63) is 85.6 Å². The molecule has 0 bridgehead atoms. The summed E-state index contributed by atoms with van der Waals surface area (Å²) < 4.78 is 11.8. The molecule has 1 aliphatic rings. The van der Waals surface area contributed by atoms with Crippen molar-refractivity contribution in [1.29, 1.82) is 0 Å². The molecule has 0 aliphatic carbocycles. The summed E-state index contributed by atoms with van der Waals surface area (Å²) in [6.45, 7) is 0. The number of benzene rings is 2. The first-order valence-corrected chi connectivity index (χ1v) is 10.5. The highest BCUT2D eigenvalue weighted by Gasteiger charge is 2.34. The number of halogens is 1. The van der Waals surface area contributed by atoms with Crippen molar-refractivity contribution in [2.24, 2.45) is 0 Å². The molecule has 0 saturated carbocycles. The van der Waals surface area contributed by atoms with Crippen LogP contribution in [-0.2, 0) is 9.59 Å². The monoisotopic (exact) mass is 558 g/mol. The first-order chi connectivity index (χ1) is 15.9. The van der Waals surface area contributed by atoms with Crippen LogP contribution >= 0.6 is 22.6 Å². The topological polar surface area (TPSA) is 124 Å². The van der Waals surface area contributed by atoms with Gasteiger partial charge in [-0.3, -0.25) is 25.1 Å². The number of para-hydroxylation sites is 1. The fourth-order valence-electron chi connectivity index (χ4n) is 3.05. The lowest BCUT2D eigenvalue weighted by atomic mass is 10.1. The SMILES string of the molecule is COc1cc(/C=C2/C(=O)NN(c3ccccc3)C2=O)cc(I)c1Oc1ccc([N+](=O)[O-])cn1. The van der Waals surface area contributed by atoms with E-state index in [9.17, 15) is 19.7 Å². The average molecular weight is 558 g/mol. The van der Waals surface area contributed by atoms with Crippen LogP contribution in [0.2, 0.25) is 0 Å². The van der Waals surface area contributed by atoms with Gasteiger partial charge in [-0.25, -0.2) is 9.99 Å². The Morgan fingerprint density at radius 3 is 2.55 bits per heavy atom. The zero-order chi connectivity index (χ0) is 23.5. The van der Waals surface area contributed by atoms with E-state index in [2.05, 4.69) is 10.4 Å². The molecule has 3 aromatic rings. The summed E-state index contributed by atoms with van der Waals surface area (Å²) in [6, 6.07) is 14.8. The van der Waals surface area contributed by atoms with Crippen LogP contribution in [0.15, 0.2) is 66.4 Å². The number of nitro groups is 1. The molecule has 1 aromatic heterocycles. The van der Waals surface area contributed by atoms with Crippen molar-refractivity contribution < 1.29 is 24.0 Å². The Kier molecular flexibility index (Phi) is 6.22. The normalized spacial score (nSPS) is 14.4. The summed E-state index contributed by atoms with van der Waals surface area (Å²) in [5.41, 5.74) is 3.47. The van der Waals surface area contributed by atoms with Crippen LogP contribution in [0.3, 0.4) is 0 Å². The second kappa shape index (κ2) is 9.24. The maximum atomic E-state index is 12.8. The molecule has 4 rings (SSSR count). The Hall–Kier alpha value is -4.00. The molecule has 166 valence electrons. The zero-order valence-electron chi connectivity index (χ0n) is 17.0. The largest absolute Gasteiger partial charge is 0.493 e. The maximum absolute atomic E-state index is 12.8. The van der Waals surface area contributed by atoms with Gasteiger partial charge in [0.1, 0.15) is 11.8 Å². The summed E-state index contributed by atoms with van der Waals surface area (Å²) in [4.78, 5) is 39.4. The second-order valence-corrected chi connectivity index (χ2v) is 7.89. The highest BCUT2D eigenvalue weighted by Crippen LogP contribution is 2.37. The number of rotatable bonds is 6. The minimum atomic E-state index is -0.553. The van der Waals surface area contributed by atoms with E-state index in [-0.39, 0.29) is 17.1 Å². The first kappa shape index (κ1) is 22.2. The van der Waals surface area contributed by atoms with Gasteiger partial charge < -0.3 is 9.47 Å². The number of nitrogens with one attached hydrogen (secondary N) is 1. The molecule has 10 nitrogen and oxygen atoms in total. The van der Waals surface area contributed by atoms with Crippen LogP contribution in [-0.4, -0.2) is 28.8 Å². The van der Waals surface area contributed by atoms with Crippen molar-refractivity contribution in [1.82, 2.24) is 10.4 Å². The van der Waals surface area contributed by atoms with Gasteiger partial charge in [0.05, 0.1) is 21.3 Å². The smallest absolute Gasteiger partial charge is 0.287 e. The van der Waals surface area contributed by atoms with Crippen LogP contribution < -0.4 is 19.9 Å². The van der Waals surface area contributed by atoms with E-state index in [1.807, 2.05) is 28.7 Å². The van der Waals surface area contributed by atoms with E-state index in [0.717, 1.165) is 6.20 Å². The van der Waals surface area contributed by atoms with Gasteiger partial charge in [0.25, 0.3) is 17.5 Å². The summed E-state index contributed by atoms with van der Waals surface area (Å²) in [5, 5.41) is 12.0. The summed E-state index contributed by atoms with van der Waals surface area (Å²) in [5.74, 6) is -0.176. The predicted octanol–water partition coefficient (Wildman–Crippen LogP) is 3.86. The zero-order valence-corrected chi connectivity index (χ0v) is 19.2. The molecule has 2 aromatic carbocycles. The van der Waals surface area contributed by atoms with Crippen LogP contribution in [0.1, 0.15) is 5.56 Å². The Labute approximate surface area is 201 Å². The van der Waals surface area contributed by atoms with Crippen molar-refractivity contribution in [2.45, 2.75) is 0 Å². The quantitative estimate of drug-likeness (QED) is 0.160. The lowest BCUT2D eigenvalue weighted by Crippen LogP contribution is -2.35. The number of pyridine rings is 1. The van der Waals surface area contributed by atoms with Gasteiger partial charge in [-0.1, -0.05) is 18.2 Å². The highest BCUT2D eigenvalue weighted by molar-refractivity contribution is 14.1. The van der Waals surface area contributed by atoms with Gasteiger partial charge in [0.15, 0.2) is 11.5 Å². The van der Waals surface area contributed by atoms with E-state index < -0.39 is 16.7 Å². The molecule has 0 unspecified atom stereocenters. The minimum absolute atomic E-state index is 0.0255. The van der Waals surface area contributed by atoms with Crippen LogP contribution in [0.5, 0.6) is 17.4 Å². The third kappa shape index (κ3) is 4.62. The Morgan fingerprint density at radius 1 is 1.15 bits per heavy atom. The van der Waals surface area contributed by atoms with E-state index in [0.29, 0.717) is 26.3 Å². The number of hydrogen-bond acceptors (Lipinski definition) is 7. The Balaban J connectivity index is 1.62. The lowest BCUT2D eigenvalue weighted by Gasteiger charge is -2.14. The molecule has 0 atom stereocenters. The molecular formula is C22H15IN4O6. The average Bonchev–Trinajstić information content (AvgIpc) is 3.09. The molecule has 1 aliphatic heterocycles. The Bertz CT molecular complexity index is 1280. The van der Waals surface area contributed by atoms with Crippen LogP contribution in [0.25, 0.3) is 6.08 Å². The second-order valence-electron chi connectivity index (χ2n) is 6.72.